The molecule has 0 aromatic heterocycles. The van der Waals surface area contributed by atoms with Crippen LogP contribution in [0.5, 0.6) is 5.75 Å². The zero-order valence-electron chi connectivity index (χ0n) is 9.82. The molecule has 0 saturated carbocycles. The molecule has 0 saturated heterocycles. The number of methoxy groups -OCH3 is 2. The predicted molar refractivity (Wildman–Crippen MR) is 62.7 cm³/mol. The van der Waals surface area contributed by atoms with Crippen LogP contribution in [0.25, 0.3) is 0 Å². The van der Waals surface area contributed by atoms with Gasteiger partial charge in [0.2, 0.25) is 0 Å². The molecule has 0 spiro atoms. The van der Waals surface area contributed by atoms with Gasteiger partial charge in [0.1, 0.15) is 11.8 Å². The summed E-state index contributed by atoms with van der Waals surface area (Å²) in [6, 6.07) is 7.10. The van der Waals surface area contributed by atoms with E-state index in [2.05, 4.69) is 5.32 Å². The molecule has 4 heteroatoms. The number of nitrogens with one attached hydrogen (secondary N) is 1. The molecule has 0 radical (unpaired) electrons. The maximum atomic E-state index is 11.4. The maximum absolute atomic E-state index is 11.4. The van der Waals surface area contributed by atoms with Crippen LogP contribution < -0.4 is 10.1 Å². The molecule has 1 atom stereocenters. The Labute approximate surface area is 95.6 Å². The molecule has 16 heavy (non-hydrogen) atoms. The fourth-order valence-corrected chi connectivity index (χ4v) is 1.36. The van der Waals surface area contributed by atoms with Crippen LogP contribution in [0.3, 0.4) is 0 Å². The van der Waals surface area contributed by atoms with Crippen LogP contribution in [-0.4, -0.2) is 26.2 Å². The van der Waals surface area contributed by atoms with E-state index in [4.69, 9.17) is 9.47 Å². The van der Waals surface area contributed by atoms with E-state index in [1.807, 2.05) is 31.2 Å². The summed E-state index contributed by atoms with van der Waals surface area (Å²) in [7, 11) is 3.01. The third-order valence-electron chi connectivity index (χ3n) is 2.32. The van der Waals surface area contributed by atoms with Gasteiger partial charge in [0.05, 0.1) is 14.2 Å². The van der Waals surface area contributed by atoms with Crippen molar-refractivity contribution in [3.8, 4) is 5.75 Å². The minimum Gasteiger partial charge on any atom is -0.497 e. The van der Waals surface area contributed by atoms with Gasteiger partial charge in [-0.15, -0.1) is 0 Å². The first kappa shape index (κ1) is 12.4. The van der Waals surface area contributed by atoms with E-state index in [0.717, 1.165) is 11.4 Å². The van der Waals surface area contributed by atoms with Crippen molar-refractivity contribution in [3.05, 3.63) is 24.3 Å². The number of hydrogen-bond acceptors (Lipinski definition) is 4. The summed E-state index contributed by atoms with van der Waals surface area (Å²) in [5.41, 5.74) is 0.873. The van der Waals surface area contributed by atoms with E-state index < -0.39 is 0 Å². The van der Waals surface area contributed by atoms with Crippen LogP contribution in [0, 0.1) is 0 Å². The molecule has 88 valence electrons. The Balaban J connectivity index is 2.66. The van der Waals surface area contributed by atoms with Crippen molar-refractivity contribution >= 4 is 11.7 Å². The first-order valence-electron chi connectivity index (χ1n) is 5.19. The molecule has 0 aliphatic heterocycles. The van der Waals surface area contributed by atoms with Gasteiger partial charge in [0.15, 0.2) is 0 Å². The first-order valence-corrected chi connectivity index (χ1v) is 5.19. The molecule has 0 heterocycles. The monoisotopic (exact) mass is 223 g/mol. The van der Waals surface area contributed by atoms with Crippen molar-refractivity contribution in [2.45, 2.75) is 19.4 Å². The maximum Gasteiger partial charge on any atom is 0.328 e. The van der Waals surface area contributed by atoms with Crippen LogP contribution >= 0.6 is 0 Å². The quantitative estimate of drug-likeness (QED) is 0.776. The molecular formula is C12H17NO3. The van der Waals surface area contributed by atoms with E-state index in [0.29, 0.717) is 6.42 Å². The van der Waals surface area contributed by atoms with Crippen LogP contribution in [0.4, 0.5) is 5.69 Å². The van der Waals surface area contributed by atoms with Gasteiger partial charge in [0.25, 0.3) is 0 Å². The Hall–Kier alpha value is -1.71. The molecule has 0 bridgehead atoms. The lowest BCUT2D eigenvalue weighted by atomic mass is 10.2. The molecule has 0 aliphatic carbocycles. The van der Waals surface area contributed by atoms with E-state index >= 15 is 0 Å². The van der Waals surface area contributed by atoms with Crippen molar-refractivity contribution in [1.29, 1.82) is 0 Å². The topological polar surface area (TPSA) is 47.6 Å². The van der Waals surface area contributed by atoms with Gasteiger partial charge in [-0.05, 0) is 30.7 Å². The highest BCUT2D eigenvalue weighted by Gasteiger charge is 2.15. The van der Waals surface area contributed by atoms with Crippen molar-refractivity contribution in [2.75, 3.05) is 19.5 Å². The second kappa shape index (κ2) is 6.00. The third-order valence-corrected chi connectivity index (χ3v) is 2.32. The van der Waals surface area contributed by atoms with E-state index in [-0.39, 0.29) is 12.0 Å². The number of carbonyl (C=O) groups is 1. The average molecular weight is 223 g/mol. The lowest BCUT2D eigenvalue weighted by Gasteiger charge is -2.15. The van der Waals surface area contributed by atoms with E-state index in [9.17, 15) is 4.79 Å². The zero-order valence-corrected chi connectivity index (χ0v) is 9.82. The lowest BCUT2D eigenvalue weighted by molar-refractivity contribution is -0.141. The SMILES string of the molecule is CC[C@H](Nc1ccc(OC)cc1)C(=O)OC. The molecule has 1 rings (SSSR count). The van der Waals surface area contributed by atoms with Crippen LogP contribution in [-0.2, 0) is 9.53 Å². The second-order valence-electron chi connectivity index (χ2n) is 3.36. The highest BCUT2D eigenvalue weighted by atomic mass is 16.5. The van der Waals surface area contributed by atoms with Crippen LogP contribution in [0.1, 0.15) is 13.3 Å². The molecule has 0 aliphatic rings. The summed E-state index contributed by atoms with van der Waals surface area (Å²) in [5, 5.41) is 3.10. The van der Waals surface area contributed by atoms with Gasteiger partial charge < -0.3 is 14.8 Å². The molecule has 1 aromatic carbocycles. The Morgan fingerprint density at radius 2 is 1.94 bits per heavy atom. The zero-order chi connectivity index (χ0) is 12.0. The number of carbonyl (C=O) groups excluding carboxylic acids is 1. The van der Waals surface area contributed by atoms with Crippen LogP contribution in [0.15, 0.2) is 24.3 Å². The van der Waals surface area contributed by atoms with Crippen LogP contribution in [0.2, 0.25) is 0 Å². The first-order chi connectivity index (χ1) is 7.71. The molecule has 0 unspecified atom stereocenters. The largest absolute Gasteiger partial charge is 0.497 e. The molecule has 0 fully saturated rings. The van der Waals surface area contributed by atoms with Gasteiger partial charge >= 0.3 is 5.97 Å². The Kier molecular flexibility index (Phi) is 4.64. The second-order valence-corrected chi connectivity index (χ2v) is 3.36. The number of hydrogen-bond donors (Lipinski definition) is 1. The molecule has 1 N–H and O–H groups in total. The highest BCUT2D eigenvalue weighted by molar-refractivity contribution is 5.79. The number of rotatable bonds is 5. The number of anilines is 1. The smallest absolute Gasteiger partial charge is 0.328 e. The summed E-state index contributed by atoms with van der Waals surface area (Å²) in [6.45, 7) is 1.93. The number of benzene rings is 1. The van der Waals surface area contributed by atoms with Gasteiger partial charge in [-0.2, -0.15) is 0 Å². The third kappa shape index (κ3) is 3.15. The average Bonchev–Trinajstić information content (AvgIpc) is 2.35. The Morgan fingerprint density at radius 3 is 2.38 bits per heavy atom. The summed E-state index contributed by atoms with van der Waals surface area (Å²) in [5.74, 6) is 0.537. The summed E-state index contributed by atoms with van der Waals surface area (Å²) in [6.07, 6.45) is 0.679. The molecular weight excluding hydrogens is 206 g/mol. The standard InChI is InChI=1S/C12H17NO3/c1-4-11(12(14)16-3)13-9-5-7-10(15-2)8-6-9/h5-8,11,13H,4H2,1-3H3/t11-/m0/s1. The minimum absolute atomic E-state index is 0.252. The van der Waals surface area contributed by atoms with Gasteiger partial charge in [-0.3, -0.25) is 0 Å². The van der Waals surface area contributed by atoms with Gasteiger partial charge in [-0.25, -0.2) is 4.79 Å². The predicted octanol–water partition coefficient (Wildman–Crippen LogP) is 2.06. The van der Waals surface area contributed by atoms with E-state index in [1.54, 1.807) is 7.11 Å². The Morgan fingerprint density at radius 1 is 1.31 bits per heavy atom. The summed E-state index contributed by atoms with van der Waals surface area (Å²) < 4.78 is 9.74. The molecule has 0 amide bonds. The highest BCUT2D eigenvalue weighted by Crippen LogP contribution is 2.16. The van der Waals surface area contributed by atoms with E-state index in [1.165, 1.54) is 7.11 Å². The molecule has 1 aromatic rings. The fraction of sp³-hybridized carbons (Fsp3) is 0.417. The van der Waals surface area contributed by atoms with Crippen molar-refractivity contribution in [1.82, 2.24) is 0 Å². The van der Waals surface area contributed by atoms with Crippen molar-refractivity contribution < 1.29 is 14.3 Å². The van der Waals surface area contributed by atoms with Crippen molar-refractivity contribution in [3.63, 3.8) is 0 Å². The molecule has 4 nitrogen and oxygen atoms in total. The van der Waals surface area contributed by atoms with Gasteiger partial charge in [-0.1, -0.05) is 6.92 Å². The van der Waals surface area contributed by atoms with Gasteiger partial charge in [0, 0.05) is 5.69 Å². The normalized spacial score (nSPS) is 11.7. The summed E-state index contributed by atoms with van der Waals surface area (Å²) in [4.78, 5) is 11.4. The minimum atomic E-state index is -0.307. The lowest BCUT2D eigenvalue weighted by Crippen LogP contribution is -2.29. The summed E-state index contributed by atoms with van der Waals surface area (Å²) >= 11 is 0. The van der Waals surface area contributed by atoms with Crippen molar-refractivity contribution in [2.24, 2.45) is 0 Å². The Bertz CT molecular complexity index is 335. The number of esters is 1. The fourth-order valence-electron chi connectivity index (χ4n) is 1.36. The number of ether oxygens (including phenoxy) is 2.